The van der Waals surface area contributed by atoms with E-state index < -0.39 is 5.91 Å². The van der Waals surface area contributed by atoms with E-state index in [1.54, 1.807) is 18.2 Å². The van der Waals surface area contributed by atoms with Gasteiger partial charge in [-0.25, -0.2) is 4.98 Å². The minimum absolute atomic E-state index is 0.0777. The molecule has 2 aromatic rings. The number of nitrogens with two attached hydrogens (primary N) is 1. The number of rotatable bonds is 6. The molecule has 0 unspecified atom stereocenters. The Morgan fingerprint density at radius 3 is 2.54 bits per heavy atom. The van der Waals surface area contributed by atoms with Gasteiger partial charge in [-0.1, -0.05) is 6.07 Å². The summed E-state index contributed by atoms with van der Waals surface area (Å²) in [6.45, 7) is 5.30. The summed E-state index contributed by atoms with van der Waals surface area (Å²) in [7, 11) is 0. The number of hydrogen-bond acceptors (Lipinski definition) is 6. The predicted molar refractivity (Wildman–Crippen MR) is 93.3 cm³/mol. The number of carbonyl (C=O) groups excluding carboxylic acids is 2. The van der Waals surface area contributed by atoms with Crippen molar-refractivity contribution in [1.82, 2.24) is 9.97 Å². The number of hydrogen-bond donors (Lipinski definition) is 4. The van der Waals surface area contributed by atoms with E-state index in [1.165, 1.54) is 13.1 Å². The van der Waals surface area contributed by atoms with Gasteiger partial charge in [0.25, 0.3) is 5.91 Å². The van der Waals surface area contributed by atoms with E-state index in [1.807, 2.05) is 19.9 Å². The molecule has 8 heteroatoms. The van der Waals surface area contributed by atoms with Crippen LogP contribution in [0.4, 0.5) is 23.1 Å². The maximum absolute atomic E-state index is 11.5. The van der Waals surface area contributed by atoms with Crippen LogP contribution in [0.25, 0.3) is 0 Å². The lowest BCUT2D eigenvalue weighted by molar-refractivity contribution is -0.114. The molecule has 0 bridgehead atoms. The van der Waals surface area contributed by atoms with Crippen LogP contribution in [0.3, 0.4) is 0 Å². The van der Waals surface area contributed by atoms with Crippen molar-refractivity contribution in [3.8, 4) is 0 Å². The highest BCUT2D eigenvalue weighted by Crippen LogP contribution is 2.20. The Bertz CT molecular complexity index is 760. The lowest BCUT2D eigenvalue weighted by atomic mass is 10.2. The molecular formula is C16H20N6O2. The van der Waals surface area contributed by atoms with Crippen molar-refractivity contribution in [2.24, 2.45) is 5.73 Å². The molecule has 126 valence electrons. The summed E-state index contributed by atoms with van der Waals surface area (Å²) >= 11 is 0. The number of primary amides is 1. The Balaban J connectivity index is 2.26. The normalized spacial score (nSPS) is 10.3. The molecule has 0 spiro atoms. The topological polar surface area (TPSA) is 122 Å². The van der Waals surface area contributed by atoms with Gasteiger partial charge in [0.05, 0.1) is 5.56 Å². The molecule has 0 radical (unpaired) electrons. The Labute approximate surface area is 139 Å². The molecule has 0 saturated carbocycles. The summed E-state index contributed by atoms with van der Waals surface area (Å²) in [5, 5.41) is 8.80. The fraction of sp³-hybridized carbons (Fsp3) is 0.250. The Hall–Kier alpha value is -3.16. The first-order chi connectivity index (χ1) is 11.3. The molecule has 0 atom stereocenters. The Morgan fingerprint density at radius 1 is 1.21 bits per heavy atom. The first kappa shape index (κ1) is 17.2. The van der Waals surface area contributed by atoms with Gasteiger partial charge < -0.3 is 21.7 Å². The lowest BCUT2D eigenvalue weighted by Gasteiger charge is -2.14. The van der Waals surface area contributed by atoms with E-state index in [9.17, 15) is 9.59 Å². The SMILES string of the molecule is CC(=O)Nc1cccc(Nc2ncc(C(N)=O)c(NC(C)C)n2)c1. The third kappa shape index (κ3) is 4.67. The molecule has 0 aliphatic carbocycles. The summed E-state index contributed by atoms with van der Waals surface area (Å²) < 4.78 is 0. The first-order valence-electron chi connectivity index (χ1n) is 7.43. The molecule has 0 aliphatic heterocycles. The number of benzene rings is 1. The van der Waals surface area contributed by atoms with Gasteiger partial charge in [0.1, 0.15) is 5.82 Å². The molecule has 2 amide bonds. The zero-order valence-electron chi connectivity index (χ0n) is 13.8. The fourth-order valence-corrected chi connectivity index (χ4v) is 2.01. The fourth-order valence-electron chi connectivity index (χ4n) is 2.01. The second-order valence-electron chi connectivity index (χ2n) is 5.51. The monoisotopic (exact) mass is 328 g/mol. The van der Waals surface area contributed by atoms with E-state index in [0.717, 1.165) is 0 Å². The number of amides is 2. The van der Waals surface area contributed by atoms with Gasteiger partial charge in [0, 0.05) is 30.5 Å². The van der Waals surface area contributed by atoms with Crippen LogP contribution in [0, 0.1) is 0 Å². The van der Waals surface area contributed by atoms with Gasteiger partial charge in [-0.3, -0.25) is 9.59 Å². The number of nitrogens with one attached hydrogen (secondary N) is 3. The van der Waals surface area contributed by atoms with Crippen LogP contribution in [0.1, 0.15) is 31.1 Å². The van der Waals surface area contributed by atoms with E-state index >= 15 is 0 Å². The van der Waals surface area contributed by atoms with Crippen LogP contribution >= 0.6 is 0 Å². The van der Waals surface area contributed by atoms with Crippen molar-refractivity contribution in [1.29, 1.82) is 0 Å². The maximum atomic E-state index is 11.5. The molecule has 24 heavy (non-hydrogen) atoms. The van der Waals surface area contributed by atoms with E-state index in [0.29, 0.717) is 23.1 Å². The molecule has 8 nitrogen and oxygen atoms in total. The van der Waals surface area contributed by atoms with Gasteiger partial charge in [0.15, 0.2) is 0 Å². The van der Waals surface area contributed by atoms with Crippen LogP contribution in [0.5, 0.6) is 0 Å². The van der Waals surface area contributed by atoms with E-state index in [-0.39, 0.29) is 17.5 Å². The van der Waals surface area contributed by atoms with Crippen molar-refractivity contribution >= 4 is 35.0 Å². The lowest BCUT2D eigenvalue weighted by Crippen LogP contribution is -2.20. The predicted octanol–water partition coefficient (Wildman–Crippen LogP) is 2.10. The third-order valence-corrected chi connectivity index (χ3v) is 2.92. The molecule has 1 aromatic heterocycles. The van der Waals surface area contributed by atoms with Crippen LogP contribution in [0.15, 0.2) is 30.5 Å². The molecule has 2 rings (SSSR count). The summed E-state index contributed by atoms with van der Waals surface area (Å²) in [4.78, 5) is 31.0. The molecule has 0 saturated heterocycles. The zero-order valence-corrected chi connectivity index (χ0v) is 13.8. The van der Waals surface area contributed by atoms with Crippen molar-refractivity contribution < 1.29 is 9.59 Å². The van der Waals surface area contributed by atoms with E-state index in [2.05, 4.69) is 25.9 Å². The number of carbonyl (C=O) groups is 2. The van der Waals surface area contributed by atoms with Crippen molar-refractivity contribution in [3.63, 3.8) is 0 Å². The van der Waals surface area contributed by atoms with Gasteiger partial charge in [-0.2, -0.15) is 4.98 Å². The second-order valence-corrected chi connectivity index (χ2v) is 5.51. The molecule has 1 aromatic carbocycles. The average molecular weight is 328 g/mol. The highest BCUT2D eigenvalue weighted by Gasteiger charge is 2.13. The smallest absolute Gasteiger partial charge is 0.254 e. The highest BCUT2D eigenvalue weighted by molar-refractivity contribution is 5.97. The van der Waals surface area contributed by atoms with E-state index in [4.69, 9.17) is 5.73 Å². The first-order valence-corrected chi connectivity index (χ1v) is 7.43. The van der Waals surface area contributed by atoms with Crippen LogP contribution in [-0.4, -0.2) is 27.8 Å². The summed E-state index contributed by atoms with van der Waals surface area (Å²) in [6.07, 6.45) is 1.38. The molecule has 0 fully saturated rings. The van der Waals surface area contributed by atoms with Gasteiger partial charge >= 0.3 is 0 Å². The molecule has 5 N–H and O–H groups in total. The molecule has 1 heterocycles. The summed E-state index contributed by atoms with van der Waals surface area (Å²) in [6, 6.07) is 7.21. The minimum atomic E-state index is -0.600. The minimum Gasteiger partial charge on any atom is -0.367 e. The Kier molecular flexibility index (Phi) is 5.31. The average Bonchev–Trinajstić information content (AvgIpc) is 2.46. The van der Waals surface area contributed by atoms with Crippen LogP contribution in [0.2, 0.25) is 0 Å². The van der Waals surface area contributed by atoms with Crippen molar-refractivity contribution in [2.75, 3.05) is 16.0 Å². The van der Waals surface area contributed by atoms with Crippen LogP contribution < -0.4 is 21.7 Å². The number of aromatic nitrogens is 2. The van der Waals surface area contributed by atoms with Crippen molar-refractivity contribution in [3.05, 3.63) is 36.0 Å². The van der Waals surface area contributed by atoms with Gasteiger partial charge in [0.2, 0.25) is 11.9 Å². The molecule has 0 aliphatic rings. The second kappa shape index (κ2) is 7.40. The number of nitrogens with zero attached hydrogens (tertiary/aromatic N) is 2. The van der Waals surface area contributed by atoms with Crippen LogP contribution in [-0.2, 0) is 4.79 Å². The molecular weight excluding hydrogens is 308 g/mol. The van der Waals surface area contributed by atoms with Crippen molar-refractivity contribution in [2.45, 2.75) is 26.8 Å². The van der Waals surface area contributed by atoms with Gasteiger partial charge in [-0.15, -0.1) is 0 Å². The summed E-state index contributed by atoms with van der Waals surface area (Å²) in [5.41, 5.74) is 6.92. The standard InChI is InChI=1S/C16H20N6O2/c1-9(2)19-15-13(14(17)24)8-18-16(22-15)21-12-6-4-5-11(7-12)20-10(3)23/h4-9H,1-3H3,(H2,17,24)(H,20,23)(H2,18,19,21,22). The van der Waals surface area contributed by atoms with Gasteiger partial charge in [-0.05, 0) is 32.0 Å². The largest absolute Gasteiger partial charge is 0.367 e. The number of anilines is 4. The maximum Gasteiger partial charge on any atom is 0.254 e. The Morgan fingerprint density at radius 2 is 1.92 bits per heavy atom. The third-order valence-electron chi connectivity index (χ3n) is 2.92. The quantitative estimate of drug-likeness (QED) is 0.644. The zero-order chi connectivity index (χ0) is 17.7. The highest BCUT2D eigenvalue weighted by atomic mass is 16.1. The summed E-state index contributed by atoms with van der Waals surface area (Å²) in [5.74, 6) is -0.0777.